The molecule has 0 aromatic carbocycles. The molecule has 4 rings (SSSR count). The summed E-state index contributed by atoms with van der Waals surface area (Å²) in [6.07, 6.45) is 5.53. The molecular weight excluding hydrogens is 344 g/mol. The summed E-state index contributed by atoms with van der Waals surface area (Å²) in [6, 6.07) is 5.68. The van der Waals surface area contributed by atoms with Gasteiger partial charge in [0.1, 0.15) is 30.9 Å². The first-order valence-electron chi connectivity index (χ1n) is 8.97. The van der Waals surface area contributed by atoms with Gasteiger partial charge in [-0.05, 0) is 18.9 Å². The van der Waals surface area contributed by atoms with E-state index in [4.69, 9.17) is 10.5 Å². The van der Waals surface area contributed by atoms with Gasteiger partial charge in [-0.2, -0.15) is 10.5 Å². The van der Waals surface area contributed by atoms with Gasteiger partial charge in [0.05, 0.1) is 17.5 Å². The lowest BCUT2D eigenvalue weighted by Crippen LogP contribution is -2.46. The summed E-state index contributed by atoms with van der Waals surface area (Å²) in [6.45, 7) is 2.52. The van der Waals surface area contributed by atoms with E-state index < -0.39 is 0 Å². The first-order valence-corrected chi connectivity index (χ1v) is 8.97. The fraction of sp³-hybridized carbons (Fsp3) is 0.500. The zero-order valence-electron chi connectivity index (χ0n) is 14.9. The number of hydrogen-bond donors (Lipinski definition) is 1. The standard InChI is InChI=1S/C18H20N8O/c19-4-7-24(8-5-20)17(27)26-10-9-25(11-18(12-26)2-3-18)16-14-1-6-21-15(14)22-13-23-16/h1,6,13H,2-3,7-12H2,(H,21,22,23). The molecule has 3 heterocycles. The van der Waals surface area contributed by atoms with Crippen molar-refractivity contribution in [3.05, 3.63) is 18.6 Å². The zero-order valence-corrected chi connectivity index (χ0v) is 14.9. The number of amides is 2. The number of nitriles is 2. The number of aromatic amines is 1. The van der Waals surface area contributed by atoms with Crippen molar-refractivity contribution in [3.63, 3.8) is 0 Å². The third kappa shape index (κ3) is 3.24. The molecule has 1 aliphatic heterocycles. The van der Waals surface area contributed by atoms with Gasteiger partial charge in [0, 0.05) is 37.8 Å². The number of anilines is 1. The number of carbonyl (C=O) groups is 1. The van der Waals surface area contributed by atoms with Crippen molar-refractivity contribution in [2.45, 2.75) is 12.8 Å². The van der Waals surface area contributed by atoms with E-state index in [9.17, 15) is 4.79 Å². The van der Waals surface area contributed by atoms with Crippen LogP contribution in [0.3, 0.4) is 0 Å². The number of fused-ring (bicyclic) bond motifs is 1. The third-order valence-corrected chi connectivity index (χ3v) is 5.35. The molecule has 0 atom stereocenters. The Kier molecular flexibility index (Phi) is 4.28. The molecule has 138 valence electrons. The summed E-state index contributed by atoms with van der Waals surface area (Å²) in [7, 11) is 0. The van der Waals surface area contributed by atoms with Crippen LogP contribution in [0.25, 0.3) is 11.0 Å². The average Bonchev–Trinajstić information content (AvgIpc) is 3.31. The lowest BCUT2D eigenvalue weighted by Gasteiger charge is -2.28. The van der Waals surface area contributed by atoms with Gasteiger partial charge >= 0.3 is 6.03 Å². The van der Waals surface area contributed by atoms with Gasteiger partial charge in [-0.15, -0.1) is 0 Å². The molecule has 1 aliphatic carbocycles. The first kappa shape index (κ1) is 17.1. The molecule has 1 saturated heterocycles. The highest BCUT2D eigenvalue weighted by Crippen LogP contribution is 2.48. The number of carbonyl (C=O) groups excluding carboxylic acids is 1. The van der Waals surface area contributed by atoms with Gasteiger partial charge in [0.15, 0.2) is 0 Å². The number of nitrogens with one attached hydrogen (secondary N) is 1. The number of hydrogen-bond acceptors (Lipinski definition) is 6. The van der Waals surface area contributed by atoms with E-state index in [1.54, 1.807) is 11.2 Å². The zero-order chi connectivity index (χ0) is 18.9. The van der Waals surface area contributed by atoms with E-state index in [0.717, 1.165) is 36.2 Å². The highest BCUT2D eigenvalue weighted by Gasteiger charge is 2.48. The normalized spacial score (nSPS) is 18.0. The van der Waals surface area contributed by atoms with Gasteiger partial charge in [-0.3, -0.25) is 4.90 Å². The maximum atomic E-state index is 12.9. The molecule has 2 aliphatic rings. The number of aromatic nitrogens is 3. The van der Waals surface area contributed by atoms with Crippen LogP contribution in [0.1, 0.15) is 12.8 Å². The molecule has 1 N–H and O–H groups in total. The Balaban J connectivity index is 1.57. The van der Waals surface area contributed by atoms with Crippen molar-refractivity contribution in [1.29, 1.82) is 10.5 Å². The molecule has 0 radical (unpaired) electrons. The number of H-pyrrole nitrogens is 1. The van der Waals surface area contributed by atoms with Gasteiger partial charge in [-0.1, -0.05) is 0 Å². The molecule has 2 amide bonds. The van der Waals surface area contributed by atoms with E-state index in [-0.39, 0.29) is 24.5 Å². The Labute approximate surface area is 156 Å². The molecule has 2 fully saturated rings. The summed E-state index contributed by atoms with van der Waals surface area (Å²) in [5.74, 6) is 0.882. The van der Waals surface area contributed by atoms with E-state index in [1.165, 1.54) is 4.90 Å². The Morgan fingerprint density at radius 2 is 2.00 bits per heavy atom. The Hall–Kier alpha value is -3.33. The highest BCUT2D eigenvalue weighted by atomic mass is 16.2. The predicted octanol–water partition coefficient (Wildman–Crippen LogP) is 1.33. The fourth-order valence-electron chi connectivity index (χ4n) is 3.77. The topological polar surface area (TPSA) is 116 Å². The van der Waals surface area contributed by atoms with Crippen LogP contribution in [0, 0.1) is 28.1 Å². The quantitative estimate of drug-likeness (QED) is 0.821. The van der Waals surface area contributed by atoms with Crippen LogP contribution in [0.15, 0.2) is 18.6 Å². The van der Waals surface area contributed by atoms with Crippen molar-refractivity contribution in [3.8, 4) is 12.1 Å². The van der Waals surface area contributed by atoms with Crippen molar-refractivity contribution >= 4 is 22.9 Å². The maximum Gasteiger partial charge on any atom is 0.321 e. The minimum absolute atomic E-state index is 0.0602. The third-order valence-electron chi connectivity index (χ3n) is 5.35. The van der Waals surface area contributed by atoms with Crippen LogP contribution >= 0.6 is 0 Å². The second-order valence-corrected chi connectivity index (χ2v) is 7.24. The monoisotopic (exact) mass is 364 g/mol. The van der Waals surface area contributed by atoms with Gasteiger partial charge in [0.25, 0.3) is 0 Å². The molecular formula is C18H20N8O. The Morgan fingerprint density at radius 3 is 2.70 bits per heavy atom. The van der Waals surface area contributed by atoms with Gasteiger partial charge in [0.2, 0.25) is 0 Å². The lowest BCUT2D eigenvalue weighted by molar-refractivity contribution is 0.158. The van der Waals surface area contributed by atoms with Crippen molar-refractivity contribution in [1.82, 2.24) is 24.8 Å². The van der Waals surface area contributed by atoms with Crippen LogP contribution in [0.4, 0.5) is 10.6 Å². The molecule has 2 aromatic heterocycles. The van der Waals surface area contributed by atoms with Crippen LogP contribution < -0.4 is 4.90 Å². The summed E-state index contributed by atoms with van der Waals surface area (Å²) in [5.41, 5.74) is 0.862. The summed E-state index contributed by atoms with van der Waals surface area (Å²) < 4.78 is 0. The smallest absolute Gasteiger partial charge is 0.321 e. The highest BCUT2D eigenvalue weighted by molar-refractivity contribution is 5.87. The summed E-state index contributed by atoms with van der Waals surface area (Å²) in [4.78, 5) is 30.1. The van der Waals surface area contributed by atoms with Crippen molar-refractivity contribution in [2.24, 2.45) is 5.41 Å². The van der Waals surface area contributed by atoms with Gasteiger partial charge in [-0.25, -0.2) is 14.8 Å². The van der Waals surface area contributed by atoms with E-state index in [0.29, 0.717) is 19.6 Å². The molecule has 9 heteroatoms. The summed E-state index contributed by atoms with van der Waals surface area (Å²) in [5, 5.41) is 18.9. The van der Waals surface area contributed by atoms with Crippen LogP contribution in [-0.4, -0.2) is 70.1 Å². The molecule has 9 nitrogen and oxygen atoms in total. The molecule has 1 spiro atoms. The molecule has 27 heavy (non-hydrogen) atoms. The molecule has 2 aromatic rings. The average molecular weight is 364 g/mol. The van der Waals surface area contributed by atoms with Crippen molar-refractivity contribution in [2.75, 3.05) is 44.2 Å². The first-order chi connectivity index (χ1) is 13.2. The maximum absolute atomic E-state index is 12.9. The second-order valence-electron chi connectivity index (χ2n) is 7.24. The van der Waals surface area contributed by atoms with Crippen molar-refractivity contribution < 1.29 is 4.79 Å². The van der Waals surface area contributed by atoms with E-state index in [1.807, 2.05) is 24.4 Å². The molecule has 0 unspecified atom stereocenters. The minimum atomic E-state index is -0.235. The van der Waals surface area contributed by atoms with E-state index in [2.05, 4.69) is 19.9 Å². The van der Waals surface area contributed by atoms with Gasteiger partial charge < -0.3 is 14.8 Å². The van der Waals surface area contributed by atoms with Crippen LogP contribution in [-0.2, 0) is 0 Å². The number of urea groups is 1. The Bertz CT molecular complexity index is 919. The second kappa shape index (κ2) is 6.76. The van der Waals surface area contributed by atoms with E-state index >= 15 is 0 Å². The predicted molar refractivity (Wildman–Crippen MR) is 97.5 cm³/mol. The summed E-state index contributed by atoms with van der Waals surface area (Å²) >= 11 is 0. The lowest BCUT2D eigenvalue weighted by atomic mass is 10.1. The Morgan fingerprint density at radius 1 is 1.22 bits per heavy atom. The molecule has 0 bridgehead atoms. The van der Waals surface area contributed by atoms with Crippen LogP contribution in [0.2, 0.25) is 0 Å². The van der Waals surface area contributed by atoms with Crippen LogP contribution in [0.5, 0.6) is 0 Å². The number of rotatable bonds is 3. The minimum Gasteiger partial charge on any atom is -0.354 e. The largest absolute Gasteiger partial charge is 0.354 e. The fourth-order valence-corrected chi connectivity index (χ4v) is 3.77. The SMILES string of the molecule is N#CCN(CC#N)C(=O)N1CCN(c2ncnc3[nH]ccc23)CC2(CC2)C1. The molecule has 1 saturated carbocycles. The number of nitrogens with zero attached hydrogens (tertiary/aromatic N) is 7.